The van der Waals surface area contributed by atoms with E-state index in [1.165, 1.54) is 0 Å². The van der Waals surface area contributed by atoms with Crippen molar-refractivity contribution < 1.29 is 24.1 Å². The van der Waals surface area contributed by atoms with Gasteiger partial charge < -0.3 is 19.3 Å². The van der Waals surface area contributed by atoms with Crippen molar-refractivity contribution in [1.82, 2.24) is 0 Å². The van der Waals surface area contributed by atoms with Crippen molar-refractivity contribution in [3.8, 4) is 11.5 Å². The monoisotopic (exact) mass is 370 g/mol. The van der Waals surface area contributed by atoms with Crippen LogP contribution in [0.5, 0.6) is 11.5 Å². The predicted octanol–water partition coefficient (Wildman–Crippen LogP) is 3.69. The average Bonchev–Trinajstić information content (AvgIpc) is 2.65. The van der Waals surface area contributed by atoms with Crippen LogP contribution in [0, 0.1) is 5.92 Å². The van der Waals surface area contributed by atoms with Crippen LogP contribution in [-0.2, 0) is 16.0 Å². The first-order valence-corrected chi connectivity index (χ1v) is 9.08. The SMILES string of the molecule is COc1ccc(C2Oc3ccccc3CC2[C@H](O)C(=O)OC(C)(C)C)cc1. The van der Waals surface area contributed by atoms with Crippen LogP contribution in [0.25, 0.3) is 0 Å². The van der Waals surface area contributed by atoms with E-state index in [0.717, 1.165) is 22.6 Å². The van der Waals surface area contributed by atoms with Crippen LogP contribution in [0.4, 0.5) is 0 Å². The van der Waals surface area contributed by atoms with E-state index in [2.05, 4.69) is 0 Å². The van der Waals surface area contributed by atoms with Gasteiger partial charge in [0, 0.05) is 5.92 Å². The van der Waals surface area contributed by atoms with Crippen LogP contribution >= 0.6 is 0 Å². The zero-order chi connectivity index (χ0) is 19.6. The Morgan fingerprint density at radius 2 is 1.81 bits per heavy atom. The molecule has 2 aromatic rings. The lowest BCUT2D eigenvalue weighted by atomic mass is 9.83. The summed E-state index contributed by atoms with van der Waals surface area (Å²) in [4.78, 5) is 12.5. The van der Waals surface area contributed by atoms with Crippen molar-refractivity contribution in [2.45, 2.75) is 45.0 Å². The number of fused-ring (bicyclic) bond motifs is 1. The van der Waals surface area contributed by atoms with Crippen LogP contribution in [-0.4, -0.2) is 29.9 Å². The first kappa shape index (κ1) is 19.2. The van der Waals surface area contributed by atoms with Gasteiger partial charge in [-0.15, -0.1) is 0 Å². The summed E-state index contributed by atoms with van der Waals surface area (Å²) >= 11 is 0. The summed E-state index contributed by atoms with van der Waals surface area (Å²) in [6, 6.07) is 15.2. The van der Waals surface area contributed by atoms with Crippen molar-refractivity contribution in [2.75, 3.05) is 7.11 Å². The number of carbonyl (C=O) groups excluding carboxylic acids is 1. The number of para-hydroxylation sites is 1. The molecule has 1 heterocycles. The van der Waals surface area contributed by atoms with Crippen molar-refractivity contribution in [1.29, 1.82) is 0 Å². The van der Waals surface area contributed by atoms with Crippen molar-refractivity contribution >= 4 is 5.97 Å². The average molecular weight is 370 g/mol. The molecule has 0 saturated heterocycles. The molecule has 0 spiro atoms. The Labute approximate surface area is 159 Å². The van der Waals surface area contributed by atoms with E-state index in [9.17, 15) is 9.90 Å². The molecule has 1 N–H and O–H groups in total. The first-order valence-electron chi connectivity index (χ1n) is 9.08. The molecule has 0 aromatic heterocycles. The minimum Gasteiger partial charge on any atom is -0.497 e. The Bertz CT molecular complexity index is 791. The van der Waals surface area contributed by atoms with Gasteiger partial charge in [-0.05, 0) is 56.5 Å². The minimum absolute atomic E-state index is 0.455. The van der Waals surface area contributed by atoms with Crippen LogP contribution < -0.4 is 9.47 Å². The Hall–Kier alpha value is -2.53. The molecule has 2 aromatic carbocycles. The van der Waals surface area contributed by atoms with Gasteiger partial charge in [0.05, 0.1) is 7.11 Å². The summed E-state index contributed by atoms with van der Waals surface area (Å²) in [6.45, 7) is 5.35. The van der Waals surface area contributed by atoms with Crippen LogP contribution in [0.2, 0.25) is 0 Å². The molecule has 5 heteroatoms. The zero-order valence-electron chi connectivity index (χ0n) is 16.1. The Balaban J connectivity index is 1.92. The molecule has 0 radical (unpaired) electrons. The normalized spacial score (nSPS) is 20.2. The summed E-state index contributed by atoms with van der Waals surface area (Å²) in [5.41, 5.74) is 1.17. The molecule has 5 nitrogen and oxygen atoms in total. The highest BCUT2D eigenvalue weighted by Crippen LogP contribution is 2.41. The number of aliphatic hydroxyl groups excluding tert-OH is 1. The van der Waals surface area contributed by atoms with Gasteiger partial charge in [0.25, 0.3) is 0 Å². The van der Waals surface area contributed by atoms with Gasteiger partial charge in [0.1, 0.15) is 23.2 Å². The molecule has 0 bridgehead atoms. The quantitative estimate of drug-likeness (QED) is 0.832. The summed E-state index contributed by atoms with van der Waals surface area (Å²) < 4.78 is 16.8. The molecule has 0 aliphatic carbocycles. The number of carbonyl (C=O) groups is 1. The molecular formula is C22H26O5. The maximum absolute atomic E-state index is 12.5. The second-order valence-corrected chi connectivity index (χ2v) is 7.77. The topological polar surface area (TPSA) is 65.0 Å². The number of aliphatic hydroxyl groups is 1. The van der Waals surface area contributed by atoms with Gasteiger partial charge in [0.2, 0.25) is 0 Å². The molecule has 0 saturated carbocycles. The first-order chi connectivity index (χ1) is 12.8. The highest BCUT2D eigenvalue weighted by atomic mass is 16.6. The van der Waals surface area contributed by atoms with E-state index in [1.807, 2.05) is 48.5 Å². The fourth-order valence-corrected chi connectivity index (χ4v) is 3.30. The van der Waals surface area contributed by atoms with Gasteiger partial charge in [-0.25, -0.2) is 4.79 Å². The highest BCUT2D eigenvalue weighted by Gasteiger charge is 2.40. The number of hydrogen-bond donors (Lipinski definition) is 1. The van der Waals surface area contributed by atoms with Crippen molar-refractivity contribution in [2.24, 2.45) is 5.92 Å². The van der Waals surface area contributed by atoms with E-state index in [0.29, 0.717) is 6.42 Å². The van der Waals surface area contributed by atoms with Gasteiger partial charge in [-0.2, -0.15) is 0 Å². The minimum atomic E-state index is -1.29. The second-order valence-electron chi connectivity index (χ2n) is 7.77. The lowest BCUT2D eigenvalue weighted by Crippen LogP contribution is -2.42. The molecule has 27 heavy (non-hydrogen) atoms. The van der Waals surface area contributed by atoms with E-state index in [-0.39, 0.29) is 0 Å². The molecule has 2 unspecified atom stereocenters. The molecule has 3 atom stereocenters. The summed E-state index contributed by atoms with van der Waals surface area (Å²) in [5, 5.41) is 10.8. The third kappa shape index (κ3) is 4.42. The van der Waals surface area contributed by atoms with E-state index in [1.54, 1.807) is 27.9 Å². The van der Waals surface area contributed by atoms with Gasteiger partial charge >= 0.3 is 5.97 Å². The Morgan fingerprint density at radius 3 is 2.44 bits per heavy atom. The lowest BCUT2D eigenvalue weighted by molar-refractivity contribution is -0.170. The highest BCUT2D eigenvalue weighted by molar-refractivity contribution is 5.75. The standard InChI is InChI=1S/C22H26O5/c1-22(2,3)27-21(24)19(23)17-13-15-7-5-6-8-18(15)26-20(17)14-9-11-16(25-4)12-10-14/h5-12,17,19-20,23H,13H2,1-4H3/t17?,19-,20?/m0/s1. The Kier molecular flexibility index (Phi) is 5.42. The van der Waals surface area contributed by atoms with Crippen LogP contribution in [0.15, 0.2) is 48.5 Å². The lowest BCUT2D eigenvalue weighted by Gasteiger charge is -2.36. The molecule has 0 amide bonds. The molecule has 3 rings (SSSR count). The third-order valence-corrected chi connectivity index (χ3v) is 4.57. The number of hydrogen-bond acceptors (Lipinski definition) is 5. The number of rotatable bonds is 4. The van der Waals surface area contributed by atoms with Crippen molar-refractivity contribution in [3.05, 3.63) is 59.7 Å². The summed E-state index contributed by atoms with van der Waals surface area (Å²) in [7, 11) is 1.61. The van der Waals surface area contributed by atoms with Gasteiger partial charge in [-0.1, -0.05) is 30.3 Å². The fourth-order valence-electron chi connectivity index (χ4n) is 3.30. The smallest absolute Gasteiger partial charge is 0.335 e. The summed E-state index contributed by atoms with van der Waals surface area (Å²) in [5.74, 6) is 0.419. The van der Waals surface area contributed by atoms with Gasteiger partial charge in [0.15, 0.2) is 6.10 Å². The fraction of sp³-hybridized carbons (Fsp3) is 0.409. The van der Waals surface area contributed by atoms with Crippen LogP contribution in [0.1, 0.15) is 38.0 Å². The van der Waals surface area contributed by atoms with E-state index < -0.39 is 29.7 Å². The number of esters is 1. The Morgan fingerprint density at radius 1 is 1.15 bits per heavy atom. The van der Waals surface area contributed by atoms with E-state index in [4.69, 9.17) is 14.2 Å². The van der Waals surface area contributed by atoms with Crippen molar-refractivity contribution in [3.63, 3.8) is 0 Å². The molecular weight excluding hydrogens is 344 g/mol. The molecule has 0 fully saturated rings. The van der Waals surface area contributed by atoms with E-state index >= 15 is 0 Å². The maximum Gasteiger partial charge on any atom is 0.335 e. The molecule has 1 aliphatic heterocycles. The van der Waals surface area contributed by atoms with Crippen LogP contribution in [0.3, 0.4) is 0 Å². The number of methoxy groups -OCH3 is 1. The van der Waals surface area contributed by atoms with Gasteiger partial charge in [-0.3, -0.25) is 0 Å². The molecule has 144 valence electrons. The number of ether oxygens (including phenoxy) is 3. The molecule has 1 aliphatic rings. The largest absolute Gasteiger partial charge is 0.497 e. The predicted molar refractivity (Wildman–Crippen MR) is 102 cm³/mol. The zero-order valence-corrected chi connectivity index (χ0v) is 16.1. The third-order valence-electron chi connectivity index (χ3n) is 4.57. The summed E-state index contributed by atoms with van der Waals surface area (Å²) in [6.07, 6.45) is -1.23. The second kappa shape index (κ2) is 7.61. The maximum atomic E-state index is 12.5. The number of benzene rings is 2.